The Bertz CT molecular complexity index is 474. The van der Waals surface area contributed by atoms with Crippen molar-refractivity contribution in [2.45, 2.75) is 57.3 Å². The Morgan fingerprint density at radius 3 is 2.70 bits per heavy atom. The Morgan fingerprint density at radius 1 is 1.30 bits per heavy atom. The number of hydrogen-bond donors (Lipinski definition) is 1. The molecule has 2 heterocycles. The second-order valence-electron chi connectivity index (χ2n) is 5.45. The van der Waals surface area contributed by atoms with Crippen LogP contribution in [0.3, 0.4) is 0 Å². The molecule has 6 nitrogen and oxygen atoms in total. The zero-order valence-electron chi connectivity index (χ0n) is 11.5. The van der Waals surface area contributed by atoms with Gasteiger partial charge >= 0.3 is 5.97 Å². The third kappa shape index (κ3) is 2.65. The van der Waals surface area contributed by atoms with Crippen molar-refractivity contribution < 1.29 is 19.4 Å². The first-order chi connectivity index (χ1) is 9.75. The van der Waals surface area contributed by atoms with Crippen molar-refractivity contribution in [3.8, 4) is 5.75 Å². The molecule has 1 aliphatic heterocycles. The van der Waals surface area contributed by atoms with E-state index < -0.39 is 5.97 Å². The van der Waals surface area contributed by atoms with Gasteiger partial charge in [0.25, 0.3) is 0 Å². The minimum absolute atomic E-state index is 0.115. The van der Waals surface area contributed by atoms with Crippen molar-refractivity contribution in [2.24, 2.45) is 0 Å². The zero-order valence-corrected chi connectivity index (χ0v) is 11.5. The van der Waals surface area contributed by atoms with Crippen LogP contribution >= 0.6 is 0 Å². The summed E-state index contributed by atoms with van der Waals surface area (Å²) in [5.41, 5.74) is 0.115. The van der Waals surface area contributed by atoms with Crippen LogP contribution in [0.15, 0.2) is 6.20 Å². The molecular weight excluding hydrogens is 260 g/mol. The normalized spacial score (nSPS) is 23.9. The lowest BCUT2D eigenvalue weighted by atomic mass is 10.2. The average molecular weight is 280 g/mol. The molecule has 1 unspecified atom stereocenters. The van der Waals surface area contributed by atoms with Gasteiger partial charge in [-0.2, -0.15) is 5.10 Å². The van der Waals surface area contributed by atoms with Crippen molar-refractivity contribution in [1.29, 1.82) is 0 Å². The van der Waals surface area contributed by atoms with Gasteiger partial charge in [0.05, 0.1) is 12.3 Å². The highest BCUT2D eigenvalue weighted by Gasteiger charge is 2.28. The van der Waals surface area contributed by atoms with Crippen molar-refractivity contribution in [3.05, 3.63) is 11.9 Å². The minimum atomic E-state index is -1.01. The standard InChI is InChI=1S/C14H20N2O4/c17-14(18)13-11(20-10-5-1-2-6-10)9-15-16(13)12-7-3-4-8-19-12/h9-10,12H,1-8H2,(H,17,18). The van der Waals surface area contributed by atoms with Gasteiger partial charge < -0.3 is 14.6 Å². The maximum Gasteiger partial charge on any atom is 0.358 e. The van der Waals surface area contributed by atoms with Gasteiger partial charge in [-0.1, -0.05) is 0 Å². The topological polar surface area (TPSA) is 73.6 Å². The Balaban J connectivity index is 1.82. The van der Waals surface area contributed by atoms with Crippen molar-refractivity contribution in [3.63, 3.8) is 0 Å². The summed E-state index contributed by atoms with van der Waals surface area (Å²) >= 11 is 0. The first-order valence-electron chi connectivity index (χ1n) is 7.35. The molecule has 1 aromatic rings. The fourth-order valence-corrected chi connectivity index (χ4v) is 2.96. The molecule has 0 bridgehead atoms. The van der Waals surface area contributed by atoms with E-state index in [-0.39, 0.29) is 18.0 Å². The molecule has 1 atom stereocenters. The molecule has 1 aromatic heterocycles. The molecule has 20 heavy (non-hydrogen) atoms. The fraction of sp³-hybridized carbons (Fsp3) is 0.714. The molecule has 2 aliphatic rings. The Morgan fingerprint density at radius 2 is 2.05 bits per heavy atom. The largest absolute Gasteiger partial charge is 0.486 e. The van der Waals surface area contributed by atoms with Crippen LogP contribution in [0.1, 0.15) is 61.7 Å². The van der Waals surface area contributed by atoms with E-state index in [0.717, 1.165) is 44.9 Å². The van der Waals surface area contributed by atoms with Crippen molar-refractivity contribution >= 4 is 5.97 Å². The highest BCUT2D eigenvalue weighted by Crippen LogP contribution is 2.30. The predicted molar refractivity (Wildman–Crippen MR) is 70.9 cm³/mol. The van der Waals surface area contributed by atoms with E-state index in [2.05, 4.69) is 5.10 Å². The second kappa shape index (κ2) is 5.83. The zero-order chi connectivity index (χ0) is 13.9. The van der Waals surface area contributed by atoms with Crippen LogP contribution in [0.2, 0.25) is 0 Å². The van der Waals surface area contributed by atoms with Crippen LogP contribution in [0, 0.1) is 0 Å². The van der Waals surface area contributed by atoms with Crippen LogP contribution in [0.4, 0.5) is 0 Å². The summed E-state index contributed by atoms with van der Waals surface area (Å²) in [5.74, 6) is -0.636. The van der Waals surface area contributed by atoms with Crippen LogP contribution < -0.4 is 4.74 Å². The molecule has 0 radical (unpaired) electrons. The molecule has 110 valence electrons. The Labute approximate surface area is 117 Å². The number of aromatic nitrogens is 2. The van der Waals surface area contributed by atoms with E-state index in [9.17, 15) is 9.90 Å². The third-order valence-electron chi connectivity index (χ3n) is 3.99. The van der Waals surface area contributed by atoms with E-state index >= 15 is 0 Å². The predicted octanol–water partition coefficient (Wildman–Crippen LogP) is 2.60. The molecular formula is C14H20N2O4. The summed E-state index contributed by atoms with van der Waals surface area (Å²) in [7, 11) is 0. The summed E-state index contributed by atoms with van der Waals surface area (Å²) in [6, 6.07) is 0. The van der Waals surface area contributed by atoms with Gasteiger partial charge in [0, 0.05) is 6.61 Å². The molecule has 1 N–H and O–H groups in total. The third-order valence-corrected chi connectivity index (χ3v) is 3.99. The molecule has 3 rings (SSSR count). The lowest BCUT2D eigenvalue weighted by Gasteiger charge is -2.23. The molecule has 1 aliphatic carbocycles. The fourth-order valence-electron chi connectivity index (χ4n) is 2.96. The van der Waals surface area contributed by atoms with E-state index in [1.165, 1.54) is 10.9 Å². The van der Waals surface area contributed by atoms with Gasteiger partial charge in [0.15, 0.2) is 17.7 Å². The van der Waals surface area contributed by atoms with Gasteiger partial charge in [0.2, 0.25) is 0 Å². The average Bonchev–Trinajstić information content (AvgIpc) is 3.09. The maximum atomic E-state index is 11.5. The highest BCUT2D eigenvalue weighted by atomic mass is 16.5. The summed E-state index contributed by atoms with van der Waals surface area (Å²) in [5, 5.41) is 13.6. The number of nitrogens with zero attached hydrogens (tertiary/aromatic N) is 2. The number of hydrogen-bond acceptors (Lipinski definition) is 4. The second-order valence-corrected chi connectivity index (χ2v) is 5.45. The van der Waals surface area contributed by atoms with Gasteiger partial charge in [-0.3, -0.25) is 0 Å². The summed E-state index contributed by atoms with van der Waals surface area (Å²) in [6.07, 6.45) is 8.47. The summed E-state index contributed by atoms with van der Waals surface area (Å²) in [4.78, 5) is 11.5. The molecule has 1 saturated heterocycles. The number of carbonyl (C=O) groups is 1. The van der Waals surface area contributed by atoms with Crippen LogP contribution in [-0.2, 0) is 4.74 Å². The smallest absolute Gasteiger partial charge is 0.358 e. The van der Waals surface area contributed by atoms with Gasteiger partial charge in [-0.15, -0.1) is 0 Å². The van der Waals surface area contributed by atoms with Gasteiger partial charge in [0.1, 0.15) is 0 Å². The first kappa shape index (κ1) is 13.4. The quantitative estimate of drug-likeness (QED) is 0.917. The van der Waals surface area contributed by atoms with Crippen LogP contribution in [0.25, 0.3) is 0 Å². The number of carboxylic acid groups (broad SMARTS) is 1. The molecule has 1 saturated carbocycles. The molecule has 0 spiro atoms. The Hall–Kier alpha value is -1.56. The molecule has 6 heteroatoms. The van der Waals surface area contributed by atoms with Crippen molar-refractivity contribution in [1.82, 2.24) is 9.78 Å². The van der Waals surface area contributed by atoms with Crippen molar-refractivity contribution in [2.75, 3.05) is 6.61 Å². The number of carboxylic acids is 1. The van der Waals surface area contributed by atoms with Crippen LogP contribution in [0.5, 0.6) is 5.75 Å². The number of rotatable bonds is 4. The summed E-state index contributed by atoms with van der Waals surface area (Å²) < 4.78 is 12.9. The van der Waals surface area contributed by atoms with E-state index in [0.29, 0.717) is 12.4 Å². The molecule has 0 amide bonds. The lowest BCUT2D eigenvalue weighted by molar-refractivity contribution is -0.0415. The molecule has 0 aromatic carbocycles. The van der Waals surface area contributed by atoms with E-state index in [1.54, 1.807) is 0 Å². The maximum absolute atomic E-state index is 11.5. The summed E-state index contributed by atoms with van der Waals surface area (Å²) in [6.45, 7) is 0.655. The van der Waals surface area contributed by atoms with E-state index in [1.807, 2.05) is 0 Å². The Kier molecular flexibility index (Phi) is 3.91. The van der Waals surface area contributed by atoms with E-state index in [4.69, 9.17) is 9.47 Å². The van der Waals surface area contributed by atoms with Gasteiger partial charge in [-0.25, -0.2) is 9.48 Å². The number of aromatic carboxylic acids is 1. The highest BCUT2D eigenvalue weighted by molar-refractivity contribution is 5.88. The minimum Gasteiger partial charge on any atom is -0.486 e. The molecule has 2 fully saturated rings. The van der Waals surface area contributed by atoms with Gasteiger partial charge in [-0.05, 0) is 44.9 Å². The number of ether oxygens (including phenoxy) is 2. The SMILES string of the molecule is O=C(O)c1c(OC2CCCC2)cnn1C1CCCCO1. The van der Waals surface area contributed by atoms with Crippen LogP contribution in [-0.4, -0.2) is 33.6 Å². The first-order valence-corrected chi connectivity index (χ1v) is 7.35. The monoisotopic (exact) mass is 280 g/mol. The lowest BCUT2D eigenvalue weighted by Crippen LogP contribution is -2.23.